The number of nitro groups is 1. The summed E-state index contributed by atoms with van der Waals surface area (Å²) in [5, 5.41) is 20.8. The van der Waals surface area contributed by atoms with Gasteiger partial charge in [0.25, 0.3) is 11.6 Å². The molecule has 0 spiro atoms. The highest BCUT2D eigenvalue weighted by molar-refractivity contribution is 6.33. The van der Waals surface area contributed by atoms with Gasteiger partial charge in [-0.3, -0.25) is 14.9 Å². The lowest BCUT2D eigenvalue weighted by molar-refractivity contribution is -0.384. The minimum atomic E-state index is -0.989. The van der Waals surface area contributed by atoms with Crippen LogP contribution in [-0.2, 0) is 0 Å². The van der Waals surface area contributed by atoms with Gasteiger partial charge in [-0.15, -0.1) is 0 Å². The quantitative estimate of drug-likeness (QED) is 0.687. The third-order valence-electron chi connectivity index (χ3n) is 3.72. The molecule has 1 heterocycles. The minimum absolute atomic E-state index is 0.0649. The molecule has 0 aromatic heterocycles. The Morgan fingerprint density at radius 2 is 2.19 bits per heavy atom. The molecule has 1 aliphatic heterocycles. The molecule has 0 saturated carbocycles. The first-order valence-electron chi connectivity index (χ1n) is 6.69. The molecule has 1 N–H and O–H groups in total. The number of rotatable bonds is 3. The standard InChI is InChI=1S/C14H17ClN2O4/c1-14(2,19)12-4-3-7-16(12)13(18)9-5-6-11(17(20)21)10(15)8-9/h5-6,8,12,19H,3-4,7H2,1-2H3. The smallest absolute Gasteiger partial charge is 0.287 e. The summed E-state index contributed by atoms with van der Waals surface area (Å²) >= 11 is 5.84. The molecule has 114 valence electrons. The summed E-state index contributed by atoms with van der Waals surface area (Å²) in [4.78, 5) is 24.3. The van der Waals surface area contributed by atoms with Crippen molar-refractivity contribution in [1.82, 2.24) is 4.90 Å². The van der Waals surface area contributed by atoms with Crippen LogP contribution in [0, 0.1) is 10.1 Å². The van der Waals surface area contributed by atoms with Crippen molar-refractivity contribution in [1.29, 1.82) is 0 Å². The lowest BCUT2D eigenvalue weighted by Crippen LogP contribution is -2.48. The summed E-state index contributed by atoms with van der Waals surface area (Å²) in [6, 6.07) is 3.66. The van der Waals surface area contributed by atoms with Crippen LogP contribution in [0.2, 0.25) is 5.02 Å². The largest absolute Gasteiger partial charge is 0.388 e. The van der Waals surface area contributed by atoms with Gasteiger partial charge in [-0.2, -0.15) is 0 Å². The number of likely N-dealkylation sites (tertiary alicyclic amines) is 1. The van der Waals surface area contributed by atoms with Crippen molar-refractivity contribution >= 4 is 23.2 Å². The predicted molar refractivity (Wildman–Crippen MR) is 78.5 cm³/mol. The van der Waals surface area contributed by atoms with E-state index in [1.54, 1.807) is 18.7 Å². The summed E-state index contributed by atoms with van der Waals surface area (Å²) in [7, 11) is 0. The monoisotopic (exact) mass is 312 g/mol. The average molecular weight is 313 g/mol. The molecule has 1 atom stereocenters. The molecule has 1 aromatic carbocycles. The van der Waals surface area contributed by atoms with E-state index in [-0.39, 0.29) is 22.7 Å². The number of nitro benzene ring substituents is 1. The second-order valence-electron chi connectivity index (χ2n) is 5.73. The first-order chi connectivity index (χ1) is 9.71. The maximum absolute atomic E-state index is 12.5. The number of nitrogens with zero attached hydrogens (tertiary/aromatic N) is 2. The van der Waals surface area contributed by atoms with Crippen LogP contribution in [0.1, 0.15) is 37.0 Å². The summed E-state index contributed by atoms with van der Waals surface area (Å²) in [5.41, 5.74) is -0.924. The molecular formula is C14H17ClN2O4. The number of carbonyl (C=O) groups is 1. The number of amides is 1. The summed E-state index contributed by atoms with van der Waals surface area (Å²) in [6.07, 6.45) is 1.55. The van der Waals surface area contributed by atoms with Crippen molar-refractivity contribution in [3.63, 3.8) is 0 Å². The van der Waals surface area contributed by atoms with Crippen molar-refractivity contribution in [3.05, 3.63) is 38.9 Å². The minimum Gasteiger partial charge on any atom is -0.388 e. The Hall–Kier alpha value is -1.66. The zero-order valence-electron chi connectivity index (χ0n) is 11.9. The molecule has 1 aromatic rings. The Bertz CT molecular complexity index is 583. The van der Waals surface area contributed by atoms with Crippen LogP contribution in [0.5, 0.6) is 0 Å². The number of carbonyl (C=O) groups excluding carboxylic acids is 1. The van der Waals surface area contributed by atoms with E-state index in [0.29, 0.717) is 12.1 Å². The van der Waals surface area contributed by atoms with Crippen LogP contribution in [0.25, 0.3) is 0 Å². The van der Waals surface area contributed by atoms with Gasteiger partial charge >= 0.3 is 0 Å². The summed E-state index contributed by atoms with van der Waals surface area (Å²) in [5.74, 6) is -0.267. The number of hydrogen-bond acceptors (Lipinski definition) is 4. The third kappa shape index (κ3) is 3.16. The molecule has 21 heavy (non-hydrogen) atoms. The molecule has 2 rings (SSSR count). The van der Waals surface area contributed by atoms with E-state index in [9.17, 15) is 20.0 Å². The van der Waals surface area contributed by atoms with Gasteiger partial charge in [0.15, 0.2) is 0 Å². The van der Waals surface area contributed by atoms with Crippen LogP contribution < -0.4 is 0 Å². The number of halogens is 1. The van der Waals surface area contributed by atoms with Crippen molar-refractivity contribution in [2.24, 2.45) is 0 Å². The van der Waals surface area contributed by atoms with Crippen LogP contribution >= 0.6 is 11.6 Å². The lowest BCUT2D eigenvalue weighted by atomic mass is 9.96. The Balaban J connectivity index is 2.28. The first kappa shape index (κ1) is 15.7. The molecule has 1 aliphatic rings. The number of benzene rings is 1. The fourth-order valence-corrected chi connectivity index (χ4v) is 2.95. The summed E-state index contributed by atoms with van der Waals surface area (Å²) < 4.78 is 0. The number of aliphatic hydroxyl groups is 1. The third-order valence-corrected chi connectivity index (χ3v) is 4.02. The van der Waals surface area contributed by atoms with Gasteiger partial charge in [-0.1, -0.05) is 11.6 Å². The van der Waals surface area contributed by atoms with Gasteiger partial charge in [-0.25, -0.2) is 0 Å². The molecule has 0 bridgehead atoms. The van der Waals surface area contributed by atoms with Gasteiger partial charge in [0, 0.05) is 18.2 Å². The Kier molecular flexibility index (Phi) is 4.20. The van der Waals surface area contributed by atoms with Gasteiger partial charge in [0.05, 0.1) is 16.6 Å². The maximum Gasteiger partial charge on any atom is 0.287 e. The summed E-state index contributed by atoms with van der Waals surface area (Å²) in [6.45, 7) is 3.90. The van der Waals surface area contributed by atoms with Crippen LogP contribution in [-0.4, -0.2) is 39.0 Å². The topological polar surface area (TPSA) is 83.7 Å². The van der Waals surface area contributed by atoms with Crippen molar-refractivity contribution < 1.29 is 14.8 Å². The maximum atomic E-state index is 12.5. The predicted octanol–water partition coefficient (Wildman–Crippen LogP) is 2.62. The number of hydrogen-bond donors (Lipinski definition) is 1. The molecule has 0 aliphatic carbocycles. The normalized spacial score (nSPS) is 18.9. The fraction of sp³-hybridized carbons (Fsp3) is 0.500. The van der Waals surface area contributed by atoms with E-state index in [2.05, 4.69) is 0 Å². The highest BCUT2D eigenvalue weighted by Gasteiger charge is 2.38. The van der Waals surface area contributed by atoms with Gasteiger partial charge < -0.3 is 10.0 Å². The molecular weight excluding hydrogens is 296 g/mol. The molecule has 6 nitrogen and oxygen atoms in total. The van der Waals surface area contributed by atoms with Gasteiger partial charge in [0.1, 0.15) is 5.02 Å². The highest BCUT2D eigenvalue weighted by atomic mass is 35.5. The van der Waals surface area contributed by atoms with E-state index < -0.39 is 10.5 Å². The SMILES string of the molecule is CC(C)(O)C1CCCN1C(=O)c1ccc([N+](=O)[O-])c(Cl)c1. The van der Waals surface area contributed by atoms with E-state index in [1.165, 1.54) is 18.2 Å². The van der Waals surface area contributed by atoms with Crippen molar-refractivity contribution in [3.8, 4) is 0 Å². The molecule has 1 amide bonds. The second-order valence-corrected chi connectivity index (χ2v) is 6.14. The Labute approximate surface area is 127 Å². The van der Waals surface area contributed by atoms with Crippen LogP contribution in [0.3, 0.4) is 0 Å². The van der Waals surface area contributed by atoms with Gasteiger partial charge in [0.2, 0.25) is 0 Å². The van der Waals surface area contributed by atoms with E-state index in [1.807, 2.05) is 0 Å². The second kappa shape index (κ2) is 5.61. The zero-order chi connectivity index (χ0) is 15.8. The first-order valence-corrected chi connectivity index (χ1v) is 7.07. The van der Waals surface area contributed by atoms with Crippen LogP contribution in [0.15, 0.2) is 18.2 Å². The zero-order valence-corrected chi connectivity index (χ0v) is 12.6. The van der Waals surface area contributed by atoms with E-state index in [0.717, 1.165) is 12.8 Å². The molecule has 1 fully saturated rings. The van der Waals surface area contributed by atoms with Gasteiger partial charge in [-0.05, 0) is 38.8 Å². The Morgan fingerprint density at radius 1 is 1.52 bits per heavy atom. The van der Waals surface area contributed by atoms with Crippen molar-refractivity contribution in [2.45, 2.75) is 38.3 Å². The van der Waals surface area contributed by atoms with E-state index >= 15 is 0 Å². The highest BCUT2D eigenvalue weighted by Crippen LogP contribution is 2.30. The fourth-order valence-electron chi connectivity index (χ4n) is 2.70. The Morgan fingerprint density at radius 3 is 2.71 bits per heavy atom. The molecule has 1 saturated heterocycles. The molecule has 0 radical (unpaired) electrons. The van der Waals surface area contributed by atoms with E-state index in [4.69, 9.17) is 11.6 Å². The molecule has 7 heteroatoms. The average Bonchev–Trinajstić information content (AvgIpc) is 2.86. The van der Waals surface area contributed by atoms with Crippen molar-refractivity contribution in [2.75, 3.05) is 6.54 Å². The van der Waals surface area contributed by atoms with Crippen LogP contribution in [0.4, 0.5) is 5.69 Å². The lowest BCUT2D eigenvalue weighted by Gasteiger charge is -2.33. The molecule has 1 unspecified atom stereocenters.